The Morgan fingerprint density at radius 3 is 2.22 bits per heavy atom. The van der Waals surface area contributed by atoms with E-state index in [1.165, 1.54) is 19.2 Å². The Morgan fingerprint density at radius 2 is 1.65 bits per heavy atom. The molecule has 2 N–H and O–H groups in total. The molecule has 0 saturated carbocycles. The summed E-state index contributed by atoms with van der Waals surface area (Å²) in [7, 11) is -2.27. The van der Waals surface area contributed by atoms with Crippen molar-refractivity contribution in [3.8, 4) is 28.7 Å². The van der Waals surface area contributed by atoms with Crippen molar-refractivity contribution >= 4 is 10.0 Å². The molecule has 118 valence electrons. The van der Waals surface area contributed by atoms with Crippen LogP contribution in [0.2, 0.25) is 0 Å². The molecule has 6 nitrogen and oxygen atoms in total. The number of nitrogens with two attached hydrogens (primary N) is 1. The second-order valence-corrected chi connectivity index (χ2v) is 6.36. The van der Waals surface area contributed by atoms with Gasteiger partial charge in [-0.2, -0.15) is 4.98 Å². The highest BCUT2D eigenvalue weighted by atomic mass is 32.2. The molecule has 0 aliphatic heterocycles. The maximum atomic E-state index is 11.3. The van der Waals surface area contributed by atoms with Crippen molar-refractivity contribution in [1.29, 1.82) is 0 Å². The molecule has 2 aromatic carbocycles. The van der Waals surface area contributed by atoms with E-state index in [4.69, 9.17) is 14.3 Å². The summed E-state index contributed by atoms with van der Waals surface area (Å²) in [6.45, 7) is 0. The van der Waals surface area contributed by atoms with Crippen LogP contribution in [-0.4, -0.2) is 20.5 Å². The van der Waals surface area contributed by atoms with Crippen molar-refractivity contribution in [1.82, 2.24) is 4.98 Å². The van der Waals surface area contributed by atoms with Crippen molar-refractivity contribution in [3.05, 3.63) is 54.6 Å². The van der Waals surface area contributed by atoms with Crippen LogP contribution in [0.1, 0.15) is 0 Å². The summed E-state index contributed by atoms with van der Waals surface area (Å²) in [6.07, 6.45) is 0.134. The minimum absolute atomic E-state index is 0.0361. The van der Waals surface area contributed by atoms with Gasteiger partial charge in [0, 0.05) is 11.1 Å². The maximum absolute atomic E-state index is 11.3. The molecule has 1 heterocycles. The van der Waals surface area contributed by atoms with Gasteiger partial charge >= 0.3 is 6.08 Å². The van der Waals surface area contributed by atoms with Crippen LogP contribution >= 0.6 is 0 Å². The van der Waals surface area contributed by atoms with Gasteiger partial charge in [0.2, 0.25) is 10.0 Å². The van der Waals surface area contributed by atoms with Gasteiger partial charge in [-0.1, -0.05) is 30.3 Å². The first-order valence-corrected chi connectivity index (χ1v) is 8.27. The normalized spacial score (nSPS) is 11.4. The summed E-state index contributed by atoms with van der Waals surface area (Å²) >= 11 is 0. The number of ether oxygens (including phenoxy) is 1. The highest BCUT2D eigenvalue weighted by molar-refractivity contribution is 7.89. The lowest BCUT2D eigenvalue weighted by Crippen LogP contribution is -2.11. The second-order valence-electron chi connectivity index (χ2n) is 4.80. The highest BCUT2D eigenvalue weighted by Gasteiger charge is 2.18. The van der Waals surface area contributed by atoms with E-state index in [1.54, 1.807) is 12.1 Å². The van der Waals surface area contributed by atoms with E-state index in [0.29, 0.717) is 17.0 Å². The number of benzene rings is 2. The number of hydrogen-bond donors (Lipinski definition) is 1. The number of methoxy groups -OCH3 is 1. The molecule has 0 saturated heterocycles. The number of rotatable bonds is 4. The van der Waals surface area contributed by atoms with E-state index in [1.807, 2.05) is 30.3 Å². The summed E-state index contributed by atoms with van der Waals surface area (Å²) in [5.41, 5.74) is 2.16. The van der Waals surface area contributed by atoms with Crippen LogP contribution in [0.3, 0.4) is 0 Å². The summed E-state index contributed by atoms with van der Waals surface area (Å²) in [5.74, 6) is 0.494. The Bertz CT molecular complexity index is 916. The van der Waals surface area contributed by atoms with Gasteiger partial charge in [0.05, 0.1) is 12.0 Å². The maximum Gasteiger partial charge on any atom is 0.394 e. The Kier molecular flexibility index (Phi) is 3.89. The van der Waals surface area contributed by atoms with E-state index in [-0.39, 0.29) is 11.0 Å². The van der Waals surface area contributed by atoms with Gasteiger partial charge in [0.25, 0.3) is 0 Å². The van der Waals surface area contributed by atoms with Crippen LogP contribution in [0.25, 0.3) is 22.6 Å². The average molecular weight is 330 g/mol. The third-order valence-corrected chi connectivity index (χ3v) is 4.20. The smallest absolute Gasteiger partial charge is 0.394 e. The molecule has 3 rings (SSSR count). The summed E-state index contributed by atoms with van der Waals surface area (Å²) in [5, 5.41) is 5.11. The summed E-state index contributed by atoms with van der Waals surface area (Å²) in [4.78, 5) is 4.35. The molecule has 0 unspecified atom stereocenters. The molecule has 0 spiro atoms. The molecule has 23 heavy (non-hydrogen) atoms. The van der Waals surface area contributed by atoms with Crippen molar-refractivity contribution in [2.24, 2.45) is 5.14 Å². The first kappa shape index (κ1) is 15.3. The first-order chi connectivity index (χ1) is 11.0. The predicted molar refractivity (Wildman–Crippen MR) is 85.3 cm³/mol. The molecule has 0 aliphatic carbocycles. The molecule has 0 aliphatic rings. The van der Waals surface area contributed by atoms with Gasteiger partial charge in [-0.15, -0.1) is 0 Å². The molecule has 0 atom stereocenters. The quantitative estimate of drug-likeness (QED) is 0.793. The topological polar surface area (TPSA) is 95.4 Å². The molecule has 3 aromatic rings. The fraction of sp³-hybridized carbons (Fsp3) is 0.0625. The van der Waals surface area contributed by atoms with Crippen molar-refractivity contribution < 1.29 is 17.6 Å². The van der Waals surface area contributed by atoms with Crippen LogP contribution in [0.5, 0.6) is 6.08 Å². The lowest BCUT2D eigenvalue weighted by molar-refractivity contribution is 0.293. The average Bonchev–Trinajstić information content (AvgIpc) is 2.99. The van der Waals surface area contributed by atoms with E-state index in [9.17, 15) is 8.42 Å². The summed E-state index contributed by atoms with van der Waals surface area (Å²) < 4.78 is 33.4. The second kappa shape index (κ2) is 5.86. The van der Waals surface area contributed by atoms with Crippen LogP contribution in [0.15, 0.2) is 63.9 Å². The Morgan fingerprint density at radius 1 is 1.00 bits per heavy atom. The number of sulfonamides is 1. The van der Waals surface area contributed by atoms with Crippen LogP contribution < -0.4 is 9.88 Å². The largest absolute Gasteiger partial charge is 0.453 e. The van der Waals surface area contributed by atoms with Gasteiger partial charge in [-0.3, -0.25) is 0 Å². The zero-order valence-electron chi connectivity index (χ0n) is 12.3. The summed E-state index contributed by atoms with van der Waals surface area (Å²) in [6, 6.07) is 15.6. The lowest BCUT2D eigenvalue weighted by atomic mass is 10.1. The number of nitrogens with zero attached hydrogens (tertiary/aromatic N) is 1. The predicted octanol–water partition coefficient (Wildman–Crippen LogP) is 2.66. The molecule has 0 amide bonds. The molecular formula is C16H14N2O4S. The molecular weight excluding hydrogens is 316 g/mol. The standard InChI is InChI=1S/C16H14N2O4S/c1-21-16-18-14(11-5-3-2-4-6-11)15(22-16)12-7-9-13(10-8-12)23(17,19)20/h2-10H,1H3,(H2,17,19,20). The zero-order valence-corrected chi connectivity index (χ0v) is 13.1. The third kappa shape index (κ3) is 3.10. The van der Waals surface area contributed by atoms with E-state index < -0.39 is 10.0 Å². The van der Waals surface area contributed by atoms with E-state index in [2.05, 4.69) is 4.98 Å². The van der Waals surface area contributed by atoms with E-state index >= 15 is 0 Å². The van der Waals surface area contributed by atoms with Crippen LogP contribution in [-0.2, 0) is 10.0 Å². The lowest BCUT2D eigenvalue weighted by Gasteiger charge is -2.03. The fourth-order valence-electron chi connectivity index (χ4n) is 2.17. The highest BCUT2D eigenvalue weighted by Crippen LogP contribution is 2.35. The SMILES string of the molecule is COc1nc(-c2ccccc2)c(-c2ccc(S(N)(=O)=O)cc2)o1. The number of primary sulfonamides is 1. The Labute approximate surface area is 133 Å². The van der Waals surface area contributed by atoms with Gasteiger partial charge in [0.1, 0.15) is 5.69 Å². The zero-order chi connectivity index (χ0) is 16.4. The van der Waals surface area contributed by atoms with Gasteiger partial charge in [0.15, 0.2) is 5.76 Å². The molecule has 0 bridgehead atoms. The van der Waals surface area contributed by atoms with Gasteiger partial charge in [-0.05, 0) is 24.3 Å². The van der Waals surface area contributed by atoms with Crippen LogP contribution in [0, 0.1) is 0 Å². The van der Waals surface area contributed by atoms with E-state index in [0.717, 1.165) is 5.56 Å². The third-order valence-electron chi connectivity index (χ3n) is 3.27. The Hall–Kier alpha value is -2.64. The minimum atomic E-state index is -3.73. The molecule has 0 radical (unpaired) electrons. The number of oxazole rings is 1. The molecule has 7 heteroatoms. The van der Waals surface area contributed by atoms with Gasteiger partial charge in [-0.25, -0.2) is 13.6 Å². The van der Waals surface area contributed by atoms with Crippen molar-refractivity contribution in [2.75, 3.05) is 7.11 Å². The van der Waals surface area contributed by atoms with Crippen LogP contribution in [0.4, 0.5) is 0 Å². The molecule has 0 fully saturated rings. The number of hydrogen-bond acceptors (Lipinski definition) is 5. The monoisotopic (exact) mass is 330 g/mol. The minimum Gasteiger partial charge on any atom is -0.453 e. The Balaban J connectivity index is 2.11. The fourth-order valence-corrected chi connectivity index (χ4v) is 2.69. The van der Waals surface area contributed by atoms with Gasteiger partial charge < -0.3 is 9.15 Å². The molecule has 1 aromatic heterocycles. The van der Waals surface area contributed by atoms with Crippen molar-refractivity contribution in [3.63, 3.8) is 0 Å². The first-order valence-electron chi connectivity index (χ1n) is 6.72. The number of aromatic nitrogens is 1. The van der Waals surface area contributed by atoms with Crippen molar-refractivity contribution in [2.45, 2.75) is 4.90 Å².